The van der Waals surface area contributed by atoms with Crippen LogP contribution in [0.2, 0.25) is 0 Å². The summed E-state index contributed by atoms with van der Waals surface area (Å²) in [6.45, 7) is 2.89. The van der Waals surface area contributed by atoms with Crippen LogP contribution in [-0.2, 0) is 4.79 Å². The van der Waals surface area contributed by atoms with Crippen molar-refractivity contribution in [2.24, 2.45) is 23.5 Å². The predicted molar refractivity (Wildman–Crippen MR) is 71.9 cm³/mol. The minimum absolute atomic E-state index is 0.112. The molecule has 0 aliphatic heterocycles. The Labute approximate surface area is 108 Å². The van der Waals surface area contributed by atoms with Gasteiger partial charge in [0.2, 0.25) is 5.91 Å². The highest BCUT2D eigenvalue weighted by atomic mass is 16.1. The van der Waals surface area contributed by atoms with Crippen LogP contribution in [-0.4, -0.2) is 17.4 Å². The smallest absolute Gasteiger partial charge is 0.227 e. The predicted octanol–water partition coefficient (Wildman–Crippen LogP) is 2.03. The van der Waals surface area contributed by atoms with Gasteiger partial charge in [0.05, 0.1) is 0 Å². The molecule has 1 fully saturated rings. The molecule has 4 heteroatoms. The van der Waals surface area contributed by atoms with Crippen molar-refractivity contribution < 1.29 is 4.79 Å². The molecule has 0 unspecified atom stereocenters. The first-order chi connectivity index (χ1) is 8.70. The number of nitrogens with two attached hydrogens (primary N) is 1. The van der Waals surface area contributed by atoms with E-state index in [1.165, 1.54) is 0 Å². The topological polar surface area (TPSA) is 68.0 Å². The lowest BCUT2D eigenvalue weighted by Crippen LogP contribution is -2.35. The van der Waals surface area contributed by atoms with Gasteiger partial charge in [-0.15, -0.1) is 0 Å². The van der Waals surface area contributed by atoms with Crippen LogP contribution >= 0.6 is 0 Å². The van der Waals surface area contributed by atoms with Crippen molar-refractivity contribution in [1.29, 1.82) is 0 Å². The van der Waals surface area contributed by atoms with Gasteiger partial charge in [-0.1, -0.05) is 6.92 Å². The Hall–Kier alpha value is -1.42. The van der Waals surface area contributed by atoms with Crippen LogP contribution in [0, 0.1) is 17.8 Å². The third-order valence-electron chi connectivity index (χ3n) is 3.90. The lowest BCUT2D eigenvalue weighted by Gasteiger charge is -2.32. The van der Waals surface area contributed by atoms with E-state index in [2.05, 4.69) is 17.2 Å². The highest BCUT2D eigenvalue weighted by molar-refractivity contribution is 5.92. The molecular weight excluding hydrogens is 226 g/mol. The fourth-order valence-electron chi connectivity index (χ4n) is 2.78. The molecule has 0 bridgehead atoms. The monoisotopic (exact) mass is 247 g/mol. The first kappa shape index (κ1) is 13.0. The SMILES string of the molecule is C[C@@H]1C[C@@H](CN)CC[C@@H]1C(=O)Nc1ccncc1. The van der Waals surface area contributed by atoms with Gasteiger partial charge < -0.3 is 11.1 Å². The number of amides is 1. The molecule has 2 rings (SSSR count). The number of nitrogens with zero attached hydrogens (tertiary/aromatic N) is 1. The molecule has 0 saturated heterocycles. The molecule has 18 heavy (non-hydrogen) atoms. The number of pyridine rings is 1. The number of aromatic nitrogens is 1. The van der Waals surface area contributed by atoms with Crippen LogP contribution in [0.5, 0.6) is 0 Å². The molecule has 1 aromatic rings. The van der Waals surface area contributed by atoms with E-state index in [1.807, 2.05) is 12.1 Å². The Morgan fingerprint density at radius 1 is 1.44 bits per heavy atom. The molecule has 1 aromatic heterocycles. The van der Waals surface area contributed by atoms with Crippen LogP contribution in [0.25, 0.3) is 0 Å². The Bertz CT molecular complexity index is 393. The molecule has 0 aromatic carbocycles. The Balaban J connectivity index is 1.94. The van der Waals surface area contributed by atoms with E-state index in [0.717, 1.165) is 31.5 Å². The highest BCUT2D eigenvalue weighted by Crippen LogP contribution is 2.33. The van der Waals surface area contributed by atoms with Crippen molar-refractivity contribution in [2.45, 2.75) is 26.2 Å². The molecule has 1 aliphatic rings. The number of carbonyl (C=O) groups is 1. The molecule has 1 heterocycles. The fraction of sp³-hybridized carbons (Fsp3) is 0.571. The number of anilines is 1. The van der Waals surface area contributed by atoms with E-state index in [1.54, 1.807) is 12.4 Å². The van der Waals surface area contributed by atoms with Gasteiger partial charge >= 0.3 is 0 Å². The summed E-state index contributed by atoms with van der Waals surface area (Å²) in [4.78, 5) is 16.1. The van der Waals surface area contributed by atoms with Gasteiger partial charge in [0.15, 0.2) is 0 Å². The van der Waals surface area contributed by atoms with E-state index in [-0.39, 0.29) is 11.8 Å². The van der Waals surface area contributed by atoms with Crippen molar-refractivity contribution >= 4 is 11.6 Å². The molecule has 0 spiro atoms. The lowest BCUT2D eigenvalue weighted by molar-refractivity contribution is -0.122. The zero-order chi connectivity index (χ0) is 13.0. The summed E-state index contributed by atoms with van der Waals surface area (Å²) in [5.74, 6) is 1.24. The van der Waals surface area contributed by atoms with Crippen LogP contribution in [0.15, 0.2) is 24.5 Å². The van der Waals surface area contributed by atoms with E-state index < -0.39 is 0 Å². The summed E-state index contributed by atoms with van der Waals surface area (Å²) in [5, 5.41) is 2.96. The molecule has 1 saturated carbocycles. The second-order valence-corrected chi connectivity index (χ2v) is 5.22. The number of nitrogens with one attached hydrogen (secondary N) is 1. The minimum atomic E-state index is 0.112. The van der Waals surface area contributed by atoms with Crippen molar-refractivity contribution in [3.05, 3.63) is 24.5 Å². The summed E-state index contributed by atoms with van der Waals surface area (Å²) >= 11 is 0. The maximum atomic E-state index is 12.2. The molecule has 1 amide bonds. The average molecular weight is 247 g/mol. The normalized spacial score (nSPS) is 27.8. The molecule has 98 valence electrons. The first-order valence-electron chi connectivity index (χ1n) is 6.61. The van der Waals surface area contributed by atoms with E-state index in [0.29, 0.717) is 11.8 Å². The Morgan fingerprint density at radius 3 is 2.78 bits per heavy atom. The summed E-state index contributed by atoms with van der Waals surface area (Å²) < 4.78 is 0. The van der Waals surface area contributed by atoms with Gasteiger partial charge in [-0.05, 0) is 49.8 Å². The molecule has 1 aliphatic carbocycles. The number of carbonyl (C=O) groups excluding carboxylic acids is 1. The largest absolute Gasteiger partial charge is 0.330 e. The highest BCUT2D eigenvalue weighted by Gasteiger charge is 2.31. The summed E-state index contributed by atoms with van der Waals surface area (Å²) in [6, 6.07) is 3.63. The fourth-order valence-corrected chi connectivity index (χ4v) is 2.78. The van der Waals surface area contributed by atoms with E-state index in [4.69, 9.17) is 5.73 Å². The second-order valence-electron chi connectivity index (χ2n) is 5.22. The van der Waals surface area contributed by atoms with Crippen LogP contribution < -0.4 is 11.1 Å². The van der Waals surface area contributed by atoms with E-state index >= 15 is 0 Å². The number of rotatable bonds is 3. The maximum Gasteiger partial charge on any atom is 0.227 e. The van der Waals surface area contributed by atoms with Crippen molar-refractivity contribution in [1.82, 2.24) is 4.98 Å². The number of hydrogen-bond donors (Lipinski definition) is 2. The second kappa shape index (κ2) is 5.96. The third kappa shape index (κ3) is 3.07. The quantitative estimate of drug-likeness (QED) is 0.858. The van der Waals surface area contributed by atoms with Crippen molar-refractivity contribution in [2.75, 3.05) is 11.9 Å². The van der Waals surface area contributed by atoms with E-state index in [9.17, 15) is 4.79 Å². The molecule has 3 atom stereocenters. The maximum absolute atomic E-state index is 12.2. The van der Waals surface area contributed by atoms with Crippen LogP contribution in [0.4, 0.5) is 5.69 Å². The summed E-state index contributed by atoms with van der Waals surface area (Å²) in [6.07, 6.45) is 6.44. The lowest BCUT2D eigenvalue weighted by atomic mass is 9.74. The molecule has 4 nitrogen and oxygen atoms in total. The van der Waals surface area contributed by atoms with Crippen LogP contribution in [0.3, 0.4) is 0 Å². The standard InChI is InChI=1S/C14H21N3O/c1-10-8-11(9-15)2-3-13(10)14(18)17-12-4-6-16-7-5-12/h4-7,10-11,13H,2-3,8-9,15H2,1H3,(H,16,17,18)/t10-,11+,13+/m1/s1. The first-order valence-corrected chi connectivity index (χ1v) is 6.61. The van der Waals surface area contributed by atoms with Crippen LogP contribution in [0.1, 0.15) is 26.2 Å². The summed E-state index contributed by atoms with van der Waals surface area (Å²) in [7, 11) is 0. The Kier molecular flexibility index (Phi) is 4.31. The van der Waals surface area contributed by atoms with Gasteiger partial charge in [0.25, 0.3) is 0 Å². The Morgan fingerprint density at radius 2 is 2.17 bits per heavy atom. The van der Waals surface area contributed by atoms with Gasteiger partial charge in [0.1, 0.15) is 0 Å². The van der Waals surface area contributed by atoms with Gasteiger partial charge in [-0.25, -0.2) is 0 Å². The zero-order valence-corrected chi connectivity index (χ0v) is 10.8. The van der Waals surface area contributed by atoms with Crippen molar-refractivity contribution in [3.63, 3.8) is 0 Å². The molecular formula is C14H21N3O. The van der Waals surface area contributed by atoms with Crippen molar-refractivity contribution in [3.8, 4) is 0 Å². The zero-order valence-electron chi connectivity index (χ0n) is 10.8. The molecule has 3 N–H and O–H groups in total. The average Bonchev–Trinajstić information content (AvgIpc) is 2.39. The summed E-state index contributed by atoms with van der Waals surface area (Å²) in [5.41, 5.74) is 6.53. The van der Waals surface area contributed by atoms with Gasteiger partial charge in [0, 0.05) is 24.0 Å². The van der Waals surface area contributed by atoms with Gasteiger partial charge in [-0.2, -0.15) is 0 Å². The minimum Gasteiger partial charge on any atom is -0.330 e. The molecule has 0 radical (unpaired) electrons. The third-order valence-corrected chi connectivity index (χ3v) is 3.90. The number of hydrogen-bond acceptors (Lipinski definition) is 3. The van der Waals surface area contributed by atoms with Gasteiger partial charge in [-0.3, -0.25) is 9.78 Å².